The Kier molecular flexibility index (Phi) is 4.52. The Morgan fingerprint density at radius 1 is 1.10 bits per heavy atom. The lowest BCUT2D eigenvalue weighted by Crippen LogP contribution is -2.52. The van der Waals surface area contributed by atoms with Crippen molar-refractivity contribution in [2.24, 2.45) is 0 Å². The quantitative estimate of drug-likeness (QED) is 0.778. The first kappa shape index (κ1) is 15.1. The number of carbonyl (C=O) groups is 3. The molecular formula is C13H19ClN2O4. The van der Waals surface area contributed by atoms with Crippen molar-refractivity contribution < 1.29 is 19.5 Å². The number of nitrogens with zero attached hydrogens (tertiary/aromatic N) is 2. The summed E-state index contributed by atoms with van der Waals surface area (Å²) in [7, 11) is 0. The molecule has 2 heterocycles. The summed E-state index contributed by atoms with van der Waals surface area (Å²) in [6.45, 7) is 2.54. The largest absolute Gasteiger partial charge is 0.480 e. The average Bonchev–Trinajstić information content (AvgIpc) is 3.05. The molecule has 0 aromatic carbocycles. The van der Waals surface area contributed by atoms with E-state index >= 15 is 0 Å². The van der Waals surface area contributed by atoms with Gasteiger partial charge in [-0.15, -0.1) is 11.6 Å². The van der Waals surface area contributed by atoms with E-state index in [4.69, 9.17) is 16.7 Å². The average molecular weight is 303 g/mol. The van der Waals surface area contributed by atoms with Crippen molar-refractivity contribution in [1.82, 2.24) is 9.80 Å². The molecule has 0 aromatic rings. The Labute approximate surface area is 122 Å². The zero-order valence-corrected chi connectivity index (χ0v) is 12.2. The molecule has 0 bridgehead atoms. The summed E-state index contributed by atoms with van der Waals surface area (Å²) < 4.78 is 0. The summed E-state index contributed by atoms with van der Waals surface area (Å²) in [6.07, 6.45) is 2.50. The van der Waals surface area contributed by atoms with E-state index in [0.717, 1.165) is 6.42 Å². The molecule has 0 aromatic heterocycles. The molecule has 6 nitrogen and oxygen atoms in total. The van der Waals surface area contributed by atoms with Crippen LogP contribution in [0.1, 0.15) is 32.6 Å². The number of hydrogen-bond donors (Lipinski definition) is 1. The molecule has 0 aliphatic carbocycles. The van der Waals surface area contributed by atoms with E-state index in [-0.39, 0.29) is 11.8 Å². The molecule has 2 saturated heterocycles. The van der Waals surface area contributed by atoms with Crippen LogP contribution in [0.3, 0.4) is 0 Å². The zero-order valence-electron chi connectivity index (χ0n) is 11.4. The molecule has 2 amide bonds. The highest BCUT2D eigenvalue weighted by molar-refractivity contribution is 6.30. The van der Waals surface area contributed by atoms with Crippen molar-refractivity contribution in [2.75, 3.05) is 13.1 Å². The Bertz CT molecular complexity index is 427. The summed E-state index contributed by atoms with van der Waals surface area (Å²) >= 11 is 5.81. The predicted octanol–water partition coefficient (Wildman–Crippen LogP) is 0.680. The SMILES string of the molecule is C[C@H](Cl)C(=O)N1CCC[C@H]1C(=O)N1CCC[C@H]1C(=O)O. The normalized spacial score (nSPS) is 27.7. The lowest BCUT2D eigenvalue weighted by molar-refractivity contribution is -0.151. The van der Waals surface area contributed by atoms with Gasteiger partial charge in [-0.05, 0) is 32.6 Å². The van der Waals surface area contributed by atoms with Gasteiger partial charge < -0.3 is 14.9 Å². The minimum atomic E-state index is -0.975. The molecule has 20 heavy (non-hydrogen) atoms. The Balaban J connectivity index is 2.11. The molecule has 7 heteroatoms. The van der Waals surface area contributed by atoms with Crippen LogP contribution in [0.5, 0.6) is 0 Å². The number of alkyl halides is 1. The number of carboxylic acid groups (broad SMARTS) is 1. The van der Waals surface area contributed by atoms with Crippen LogP contribution in [0.25, 0.3) is 0 Å². The van der Waals surface area contributed by atoms with Gasteiger partial charge in [0, 0.05) is 13.1 Å². The molecular weight excluding hydrogens is 284 g/mol. The molecule has 2 aliphatic heterocycles. The number of carboxylic acids is 1. The van der Waals surface area contributed by atoms with Crippen LogP contribution >= 0.6 is 11.6 Å². The van der Waals surface area contributed by atoms with Crippen LogP contribution in [-0.4, -0.2) is 63.2 Å². The molecule has 0 spiro atoms. The van der Waals surface area contributed by atoms with Crippen LogP contribution in [-0.2, 0) is 14.4 Å². The van der Waals surface area contributed by atoms with Crippen molar-refractivity contribution in [3.05, 3.63) is 0 Å². The van der Waals surface area contributed by atoms with Gasteiger partial charge in [0.05, 0.1) is 0 Å². The highest BCUT2D eigenvalue weighted by Gasteiger charge is 2.42. The summed E-state index contributed by atoms with van der Waals surface area (Å²) in [5.41, 5.74) is 0. The smallest absolute Gasteiger partial charge is 0.326 e. The highest BCUT2D eigenvalue weighted by atomic mass is 35.5. The van der Waals surface area contributed by atoms with Gasteiger partial charge in [-0.25, -0.2) is 4.79 Å². The third-order valence-corrected chi connectivity index (χ3v) is 4.17. The van der Waals surface area contributed by atoms with E-state index in [1.807, 2.05) is 0 Å². The van der Waals surface area contributed by atoms with Gasteiger partial charge in [-0.2, -0.15) is 0 Å². The number of carbonyl (C=O) groups excluding carboxylic acids is 2. The lowest BCUT2D eigenvalue weighted by Gasteiger charge is -2.30. The first-order valence-corrected chi connectivity index (χ1v) is 7.35. The first-order valence-electron chi connectivity index (χ1n) is 6.91. The highest BCUT2D eigenvalue weighted by Crippen LogP contribution is 2.25. The predicted molar refractivity (Wildman–Crippen MR) is 72.4 cm³/mol. The van der Waals surface area contributed by atoms with Crippen molar-refractivity contribution in [2.45, 2.75) is 50.1 Å². The number of halogens is 1. The standard InChI is InChI=1S/C13H19ClN2O4/c1-8(14)11(17)15-6-2-4-9(15)12(18)16-7-3-5-10(16)13(19)20/h8-10H,2-7H2,1H3,(H,19,20)/t8-,9-,10-/m0/s1. The fourth-order valence-corrected chi connectivity index (χ4v) is 3.12. The second-order valence-corrected chi connectivity index (χ2v) is 5.99. The van der Waals surface area contributed by atoms with E-state index in [2.05, 4.69) is 0 Å². The summed E-state index contributed by atoms with van der Waals surface area (Å²) in [5.74, 6) is -1.48. The maximum absolute atomic E-state index is 12.5. The monoisotopic (exact) mass is 302 g/mol. The van der Waals surface area contributed by atoms with E-state index in [1.54, 1.807) is 6.92 Å². The number of amides is 2. The van der Waals surface area contributed by atoms with Crippen molar-refractivity contribution in [1.29, 1.82) is 0 Å². The number of aliphatic carboxylic acids is 1. The van der Waals surface area contributed by atoms with Crippen LogP contribution in [0.2, 0.25) is 0 Å². The molecule has 112 valence electrons. The van der Waals surface area contributed by atoms with Crippen LogP contribution in [0, 0.1) is 0 Å². The minimum Gasteiger partial charge on any atom is -0.480 e. The molecule has 2 fully saturated rings. The Morgan fingerprint density at radius 2 is 1.65 bits per heavy atom. The van der Waals surface area contributed by atoms with Gasteiger partial charge in [0.15, 0.2) is 0 Å². The van der Waals surface area contributed by atoms with Gasteiger partial charge in [-0.1, -0.05) is 0 Å². The number of likely N-dealkylation sites (tertiary alicyclic amines) is 2. The van der Waals surface area contributed by atoms with Crippen LogP contribution < -0.4 is 0 Å². The molecule has 0 radical (unpaired) electrons. The Morgan fingerprint density at radius 3 is 2.20 bits per heavy atom. The van der Waals surface area contributed by atoms with E-state index < -0.39 is 23.4 Å². The molecule has 1 N–H and O–H groups in total. The first-order chi connectivity index (χ1) is 9.43. The fraction of sp³-hybridized carbons (Fsp3) is 0.769. The summed E-state index contributed by atoms with van der Waals surface area (Å²) in [5, 5.41) is 8.47. The van der Waals surface area contributed by atoms with Gasteiger partial charge in [0.1, 0.15) is 17.5 Å². The molecule has 2 aliphatic rings. The van der Waals surface area contributed by atoms with E-state index in [1.165, 1.54) is 9.80 Å². The second kappa shape index (κ2) is 5.99. The molecule has 0 saturated carbocycles. The maximum atomic E-state index is 12.5. The molecule has 0 unspecified atom stereocenters. The van der Waals surface area contributed by atoms with Gasteiger partial charge in [0.25, 0.3) is 0 Å². The summed E-state index contributed by atoms with van der Waals surface area (Å²) in [6, 6.07) is -1.31. The summed E-state index contributed by atoms with van der Waals surface area (Å²) in [4.78, 5) is 38.6. The van der Waals surface area contributed by atoms with E-state index in [9.17, 15) is 14.4 Å². The zero-order chi connectivity index (χ0) is 14.9. The van der Waals surface area contributed by atoms with Crippen molar-refractivity contribution >= 4 is 29.4 Å². The third-order valence-electron chi connectivity index (χ3n) is 3.98. The lowest BCUT2D eigenvalue weighted by atomic mass is 10.1. The topological polar surface area (TPSA) is 77.9 Å². The minimum absolute atomic E-state index is 0.252. The van der Waals surface area contributed by atoms with Crippen molar-refractivity contribution in [3.63, 3.8) is 0 Å². The Hall–Kier alpha value is -1.30. The van der Waals surface area contributed by atoms with Gasteiger partial charge in [0.2, 0.25) is 11.8 Å². The number of hydrogen-bond acceptors (Lipinski definition) is 3. The fourth-order valence-electron chi connectivity index (χ4n) is 2.99. The van der Waals surface area contributed by atoms with Crippen LogP contribution in [0.4, 0.5) is 0 Å². The molecule has 2 rings (SSSR count). The maximum Gasteiger partial charge on any atom is 0.326 e. The second-order valence-electron chi connectivity index (χ2n) is 5.33. The number of rotatable bonds is 3. The third kappa shape index (κ3) is 2.75. The van der Waals surface area contributed by atoms with Gasteiger partial charge >= 0.3 is 5.97 Å². The van der Waals surface area contributed by atoms with Gasteiger partial charge in [-0.3, -0.25) is 9.59 Å². The van der Waals surface area contributed by atoms with E-state index in [0.29, 0.717) is 32.4 Å². The van der Waals surface area contributed by atoms with Crippen molar-refractivity contribution in [3.8, 4) is 0 Å². The molecule has 3 atom stereocenters. The van der Waals surface area contributed by atoms with Crippen LogP contribution in [0.15, 0.2) is 0 Å².